The van der Waals surface area contributed by atoms with Crippen LogP contribution in [0.4, 0.5) is 0 Å². The number of benzene rings is 1. The van der Waals surface area contributed by atoms with Crippen molar-refractivity contribution in [2.24, 2.45) is 0 Å². The third-order valence-corrected chi connectivity index (χ3v) is 3.18. The minimum Gasteiger partial charge on any atom is -0.545 e. The highest BCUT2D eigenvalue weighted by molar-refractivity contribution is 6.04. The van der Waals surface area contributed by atoms with E-state index in [1.165, 1.54) is 0 Å². The monoisotopic (exact) mass is 246 g/mol. The molecule has 96 valence electrons. The van der Waals surface area contributed by atoms with Crippen molar-refractivity contribution in [3.05, 3.63) is 29.5 Å². The molecule has 0 N–H and O–H groups in total. The Balaban J connectivity index is 2.88. The second-order valence-electron chi connectivity index (χ2n) is 4.59. The summed E-state index contributed by atoms with van der Waals surface area (Å²) in [6.45, 7) is 5.85. The molecule has 2 rings (SSSR count). The van der Waals surface area contributed by atoms with E-state index in [4.69, 9.17) is 4.74 Å². The Morgan fingerprint density at radius 3 is 2.56 bits per heavy atom. The molecule has 0 unspecified atom stereocenters. The van der Waals surface area contributed by atoms with Crippen LogP contribution in [0.1, 0.15) is 35.9 Å². The Hall–Kier alpha value is -1.97. The molecule has 1 heterocycles. The molecule has 0 saturated heterocycles. The first kappa shape index (κ1) is 12.5. The molecule has 0 radical (unpaired) electrons. The van der Waals surface area contributed by atoms with Crippen LogP contribution >= 0.6 is 0 Å². The van der Waals surface area contributed by atoms with Gasteiger partial charge < -0.3 is 19.2 Å². The molecule has 0 aliphatic heterocycles. The quantitative estimate of drug-likeness (QED) is 0.831. The molecule has 4 heteroatoms. The lowest BCUT2D eigenvalue weighted by Gasteiger charge is -2.13. The first-order chi connectivity index (χ1) is 8.47. The lowest BCUT2D eigenvalue weighted by molar-refractivity contribution is -0.254. The molecule has 1 aromatic carbocycles. The van der Waals surface area contributed by atoms with Crippen molar-refractivity contribution in [2.45, 2.75) is 26.8 Å². The molecule has 0 saturated carbocycles. The molecule has 0 aliphatic carbocycles. The Morgan fingerprint density at radius 1 is 1.39 bits per heavy atom. The maximum absolute atomic E-state index is 11.3. The van der Waals surface area contributed by atoms with Crippen LogP contribution in [0.2, 0.25) is 0 Å². The van der Waals surface area contributed by atoms with Gasteiger partial charge in [0.1, 0.15) is 5.75 Å². The van der Waals surface area contributed by atoms with E-state index >= 15 is 0 Å². The summed E-state index contributed by atoms with van der Waals surface area (Å²) in [7, 11) is 1.56. The third-order valence-electron chi connectivity index (χ3n) is 3.18. The van der Waals surface area contributed by atoms with Gasteiger partial charge in [0.15, 0.2) is 0 Å². The Bertz CT molecular complexity index is 611. The molecule has 0 aliphatic rings. The smallest absolute Gasteiger partial charge is 0.119 e. The van der Waals surface area contributed by atoms with Gasteiger partial charge in [0.2, 0.25) is 0 Å². The molecule has 0 amide bonds. The Morgan fingerprint density at radius 2 is 2.06 bits per heavy atom. The second kappa shape index (κ2) is 4.37. The van der Waals surface area contributed by atoms with E-state index in [1.54, 1.807) is 20.1 Å². The molecule has 18 heavy (non-hydrogen) atoms. The zero-order chi connectivity index (χ0) is 13.4. The number of ether oxygens (including phenoxy) is 1. The van der Waals surface area contributed by atoms with Crippen molar-refractivity contribution in [2.75, 3.05) is 7.11 Å². The third kappa shape index (κ3) is 1.74. The molecule has 4 nitrogen and oxygen atoms in total. The SMILES string of the molecule is COc1ccc2c(c1)c(C(=O)[O-])c(C)n2C(C)C. The van der Waals surface area contributed by atoms with Gasteiger partial charge in [-0.15, -0.1) is 0 Å². The van der Waals surface area contributed by atoms with Crippen molar-refractivity contribution in [3.8, 4) is 5.75 Å². The summed E-state index contributed by atoms with van der Waals surface area (Å²) < 4.78 is 7.14. The molecule has 0 atom stereocenters. The van der Waals surface area contributed by atoms with Gasteiger partial charge >= 0.3 is 0 Å². The summed E-state index contributed by atoms with van der Waals surface area (Å²) >= 11 is 0. The molecule has 0 spiro atoms. The van der Waals surface area contributed by atoms with E-state index in [9.17, 15) is 9.90 Å². The first-order valence-electron chi connectivity index (χ1n) is 5.87. The minimum atomic E-state index is -1.15. The number of aromatic nitrogens is 1. The number of hydrogen-bond acceptors (Lipinski definition) is 3. The lowest BCUT2D eigenvalue weighted by Crippen LogP contribution is -2.23. The average Bonchev–Trinajstić information content (AvgIpc) is 2.59. The standard InChI is InChI=1S/C14H17NO3/c1-8(2)15-9(3)13(14(16)17)11-7-10(18-4)5-6-12(11)15/h5-8H,1-4H3,(H,16,17)/p-1. The van der Waals surface area contributed by atoms with Gasteiger partial charge in [-0.25, -0.2) is 0 Å². The molecule has 0 fully saturated rings. The average molecular weight is 246 g/mol. The van der Waals surface area contributed by atoms with Gasteiger partial charge in [-0.1, -0.05) is 0 Å². The number of aromatic carboxylic acids is 1. The Labute approximate surface area is 106 Å². The largest absolute Gasteiger partial charge is 0.545 e. The van der Waals surface area contributed by atoms with Crippen LogP contribution in [0.15, 0.2) is 18.2 Å². The fourth-order valence-electron chi connectivity index (χ4n) is 2.47. The van der Waals surface area contributed by atoms with Crippen LogP contribution < -0.4 is 9.84 Å². The topological polar surface area (TPSA) is 54.3 Å². The lowest BCUT2D eigenvalue weighted by atomic mass is 10.1. The van der Waals surface area contributed by atoms with E-state index in [1.807, 2.05) is 30.5 Å². The molecular formula is C14H16NO3-. The van der Waals surface area contributed by atoms with Crippen LogP contribution in [0.3, 0.4) is 0 Å². The van der Waals surface area contributed by atoms with E-state index in [0.29, 0.717) is 16.8 Å². The van der Waals surface area contributed by atoms with Crippen molar-refractivity contribution < 1.29 is 14.6 Å². The molecule has 2 aromatic rings. The molecule has 0 bridgehead atoms. The summed E-state index contributed by atoms with van der Waals surface area (Å²) in [5.41, 5.74) is 1.85. The number of rotatable bonds is 3. The summed E-state index contributed by atoms with van der Waals surface area (Å²) in [6, 6.07) is 5.65. The number of carbonyl (C=O) groups excluding carboxylic acids is 1. The van der Waals surface area contributed by atoms with Crippen molar-refractivity contribution in [3.63, 3.8) is 0 Å². The van der Waals surface area contributed by atoms with Crippen LogP contribution in [0, 0.1) is 6.92 Å². The van der Waals surface area contributed by atoms with Crippen molar-refractivity contribution >= 4 is 16.9 Å². The summed E-state index contributed by atoms with van der Waals surface area (Å²) in [5, 5.41) is 12.0. The number of carbonyl (C=O) groups is 1. The summed E-state index contributed by atoms with van der Waals surface area (Å²) in [6.07, 6.45) is 0. The van der Waals surface area contributed by atoms with E-state index in [0.717, 1.165) is 5.52 Å². The van der Waals surface area contributed by atoms with Gasteiger partial charge in [0.25, 0.3) is 0 Å². The van der Waals surface area contributed by atoms with Crippen LogP contribution in [-0.2, 0) is 0 Å². The van der Waals surface area contributed by atoms with E-state index < -0.39 is 5.97 Å². The highest BCUT2D eigenvalue weighted by Gasteiger charge is 2.16. The van der Waals surface area contributed by atoms with Crippen molar-refractivity contribution in [1.82, 2.24) is 4.57 Å². The normalized spacial score (nSPS) is 11.2. The maximum Gasteiger partial charge on any atom is 0.119 e. The first-order valence-corrected chi connectivity index (χ1v) is 5.87. The number of fused-ring (bicyclic) bond motifs is 1. The zero-order valence-electron chi connectivity index (χ0n) is 11.0. The predicted molar refractivity (Wildman–Crippen MR) is 67.9 cm³/mol. The number of carboxylic acids is 1. The predicted octanol–water partition coefficient (Wildman–Crippen LogP) is 1.90. The van der Waals surface area contributed by atoms with Gasteiger partial charge in [-0.3, -0.25) is 0 Å². The summed E-state index contributed by atoms with van der Waals surface area (Å²) in [4.78, 5) is 11.3. The van der Waals surface area contributed by atoms with Gasteiger partial charge in [-0.05, 0) is 39.0 Å². The fourth-order valence-corrected chi connectivity index (χ4v) is 2.47. The maximum atomic E-state index is 11.3. The highest BCUT2D eigenvalue weighted by atomic mass is 16.5. The fraction of sp³-hybridized carbons (Fsp3) is 0.357. The number of hydrogen-bond donors (Lipinski definition) is 0. The number of nitrogens with zero attached hydrogens (tertiary/aromatic N) is 1. The van der Waals surface area contributed by atoms with Crippen LogP contribution in [0.5, 0.6) is 5.75 Å². The highest BCUT2D eigenvalue weighted by Crippen LogP contribution is 2.31. The van der Waals surface area contributed by atoms with Crippen LogP contribution in [0.25, 0.3) is 10.9 Å². The number of carboxylic acid groups (broad SMARTS) is 1. The van der Waals surface area contributed by atoms with E-state index in [2.05, 4.69) is 0 Å². The van der Waals surface area contributed by atoms with Gasteiger partial charge in [-0.2, -0.15) is 0 Å². The second-order valence-corrected chi connectivity index (χ2v) is 4.59. The van der Waals surface area contributed by atoms with E-state index in [-0.39, 0.29) is 11.6 Å². The summed E-state index contributed by atoms with van der Waals surface area (Å²) in [5.74, 6) is -0.504. The van der Waals surface area contributed by atoms with Crippen molar-refractivity contribution in [1.29, 1.82) is 0 Å². The molecule has 1 aromatic heterocycles. The van der Waals surface area contributed by atoms with Gasteiger partial charge in [0.05, 0.1) is 13.1 Å². The number of methoxy groups -OCH3 is 1. The van der Waals surface area contributed by atoms with Gasteiger partial charge in [0, 0.05) is 28.2 Å². The Kier molecular flexibility index (Phi) is 3.03. The zero-order valence-corrected chi connectivity index (χ0v) is 11.0. The van der Waals surface area contributed by atoms with Crippen LogP contribution in [-0.4, -0.2) is 17.6 Å². The minimum absolute atomic E-state index is 0.189. The molecular weight excluding hydrogens is 230 g/mol.